The van der Waals surface area contributed by atoms with Crippen LogP contribution in [0, 0.1) is 6.92 Å². The zero-order chi connectivity index (χ0) is 18.8. The number of rotatable bonds is 5. The number of carbonyl (C=O) groups excluding carboxylic acids is 1. The highest BCUT2D eigenvalue weighted by atomic mass is 35.5. The number of hydrogen-bond donors (Lipinski definition) is 1. The van der Waals surface area contributed by atoms with Gasteiger partial charge < -0.3 is 15.0 Å². The van der Waals surface area contributed by atoms with Crippen LogP contribution in [0.1, 0.15) is 21.9 Å². The molecule has 0 saturated carbocycles. The van der Waals surface area contributed by atoms with Gasteiger partial charge in [-0.25, -0.2) is 9.47 Å². The van der Waals surface area contributed by atoms with Gasteiger partial charge in [-0.2, -0.15) is 0 Å². The van der Waals surface area contributed by atoms with Crippen molar-refractivity contribution in [2.45, 2.75) is 17.8 Å². The number of methoxy groups -OCH3 is 1. The van der Waals surface area contributed by atoms with Crippen molar-refractivity contribution in [3.05, 3.63) is 51.4 Å². The summed E-state index contributed by atoms with van der Waals surface area (Å²) >= 11 is 13.5. The largest absolute Gasteiger partial charge is 0.465 e. The van der Waals surface area contributed by atoms with E-state index in [0.29, 0.717) is 49.4 Å². The number of furan rings is 1. The Bertz CT molecular complexity index is 971. The molecule has 0 radical (unpaired) electrons. The Balaban J connectivity index is 1.79. The average molecular weight is 413 g/mol. The van der Waals surface area contributed by atoms with Gasteiger partial charge in [0.1, 0.15) is 17.1 Å². The second-order valence-corrected chi connectivity index (χ2v) is 7.05. The lowest BCUT2D eigenvalue weighted by Crippen LogP contribution is -2.11. The van der Waals surface area contributed by atoms with Crippen molar-refractivity contribution in [3.8, 4) is 11.4 Å². The van der Waals surface area contributed by atoms with Crippen molar-refractivity contribution in [3.63, 3.8) is 0 Å². The van der Waals surface area contributed by atoms with Gasteiger partial charge in [0, 0.05) is 10.6 Å². The van der Waals surface area contributed by atoms with Crippen molar-refractivity contribution in [1.29, 1.82) is 0 Å². The van der Waals surface area contributed by atoms with Gasteiger partial charge in [0.2, 0.25) is 5.16 Å². The Hall–Kier alpha value is -2.16. The van der Waals surface area contributed by atoms with E-state index in [0.717, 1.165) is 0 Å². The van der Waals surface area contributed by atoms with Gasteiger partial charge in [-0.05, 0) is 31.2 Å². The lowest BCUT2D eigenvalue weighted by atomic mass is 10.2. The van der Waals surface area contributed by atoms with E-state index in [9.17, 15) is 4.79 Å². The number of esters is 1. The Morgan fingerprint density at radius 2 is 2.12 bits per heavy atom. The number of nitrogens with two attached hydrogens (primary N) is 1. The van der Waals surface area contributed by atoms with Crippen LogP contribution in [0.5, 0.6) is 0 Å². The number of aryl methyl sites for hydroxylation is 1. The van der Waals surface area contributed by atoms with E-state index in [1.165, 1.54) is 23.5 Å². The molecular formula is C16H14Cl2N4O3S. The molecule has 0 fully saturated rings. The summed E-state index contributed by atoms with van der Waals surface area (Å²) in [5.74, 6) is 7.54. The zero-order valence-corrected chi connectivity index (χ0v) is 16.2. The summed E-state index contributed by atoms with van der Waals surface area (Å²) < 4.78 is 11.6. The monoisotopic (exact) mass is 412 g/mol. The molecule has 3 rings (SSSR count). The van der Waals surface area contributed by atoms with E-state index in [2.05, 4.69) is 10.2 Å². The molecular weight excluding hydrogens is 399 g/mol. The number of nitrogen functional groups attached to an aromatic ring is 1. The third kappa shape index (κ3) is 3.67. The third-order valence-corrected chi connectivity index (χ3v) is 5.08. The summed E-state index contributed by atoms with van der Waals surface area (Å²) in [7, 11) is 1.32. The number of thioether (sulfide) groups is 1. The second kappa shape index (κ2) is 7.61. The predicted molar refractivity (Wildman–Crippen MR) is 100.0 cm³/mol. The summed E-state index contributed by atoms with van der Waals surface area (Å²) in [5.41, 5.74) is 0.978. The summed E-state index contributed by atoms with van der Waals surface area (Å²) in [6, 6.07) is 6.66. The van der Waals surface area contributed by atoms with Crippen LogP contribution in [-0.4, -0.2) is 28.0 Å². The van der Waals surface area contributed by atoms with Gasteiger partial charge in [-0.15, -0.1) is 10.2 Å². The van der Waals surface area contributed by atoms with Crippen LogP contribution in [0.2, 0.25) is 10.0 Å². The maximum atomic E-state index is 11.6. The predicted octanol–water partition coefficient (Wildman–Crippen LogP) is 3.95. The molecule has 3 aromatic rings. The van der Waals surface area contributed by atoms with Crippen LogP contribution in [0.3, 0.4) is 0 Å². The maximum absolute atomic E-state index is 11.6. The molecule has 2 aromatic heterocycles. The van der Waals surface area contributed by atoms with Crippen LogP contribution < -0.4 is 5.84 Å². The highest BCUT2D eigenvalue weighted by Gasteiger charge is 2.18. The summed E-state index contributed by atoms with van der Waals surface area (Å²) in [6.45, 7) is 1.70. The molecule has 26 heavy (non-hydrogen) atoms. The van der Waals surface area contributed by atoms with Crippen LogP contribution in [0.15, 0.2) is 33.8 Å². The van der Waals surface area contributed by atoms with Gasteiger partial charge in [0.05, 0.1) is 17.9 Å². The fraction of sp³-hybridized carbons (Fsp3) is 0.188. The Morgan fingerprint density at radius 3 is 2.85 bits per heavy atom. The molecule has 0 unspecified atom stereocenters. The summed E-state index contributed by atoms with van der Waals surface area (Å²) in [4.78, 5) is 11.6. The molecule has 2 N–H and O–H groups in total. The van der Waals surface area contributed by atoms with E-state index in [-0.39, 0.29) is 0 Å². The van der Waals surface area contributed by atoms with Gasteiger partial charge >= 0.3 is 5.97 Å². The van der Waals surface area contributed by atoms with Crippen LogP contribution in [0.25, 0.3) is 11.4 Å². The number of ether oxygens (including phenoxy) is 1. The SMILES string of the molecule is COC(=O)c1cc(CSc2nnc(-c3cc(Cl)ccc3Cl)n2N)oc1C. The molecule has 0 amide bonds. The number of benzene rings is 1. The lowest BCUT2D eigenvalue weighted by molar-refractivity contribution is 0.0599. The molecule has 0 saturated heterocycles. The van der Waals surface area contributed by atoms with Crippen molar-refractivity contribution in [2.24, 2.45) is 0 Å². The maximum Gasteiger partial charge on any atom is 0.341 e. The third-order valence-electron chi connectivity index (χ3n) is 3.55. The molecule has 0 aliphatic heterocycles. The fourth-order valence-corrected chi connectivity index (χ4v) is 3.40. The van der Waals surface area contributed by atoms with Crippen molar-refractivity contribution in [1.82, 2.24) is 14.9 Å². The zero-order valence-electron chi connectivity index (χ0n) is 13.8. The molecule has 7 nitrogen and oxygen atoms in total. The van der Waals surface area contributed by atoms with Gasteiger partial charge in [0.15, 0.2) is 5.82 Å². The number of aromatic nitrogens is 3. The molecule has 0 spiro atoms. The van der Waals surface area contributed by atoms with Crippen LogP contribution >= 0.6 is 35.0 Å². The molecule has 2 heterocycles. The first-order chi connectivity index (χ1) is 12.4. The highest BCUT2D eigenvalue weighted by Crippen LogP contribution is 2.31. The molecule has 1 aromatic carbocycles. The van der Waals surface area contributed by atoms with E-state index in [4.69, 9.17) is 38.2 Å². The van der Waals surface area contributed by atoms with E-state index >= 15 is 0 Å². The van der Waals surface area contributed by atoms with Gasteiger partial charge in [-0.1, -0.05) is 35.0 Å². The second-order valence-electron chi connectivity index (χ2n) is 5.26. The minimum absolute atomic E-state index is 0.392. The van der Waals surface area contributed by atoms with Crippen LogP contribution in [-0.2, 0) is 10.5 Å². The average Bonchev–Trinajstić information content (AvgIpc) is 3.17. The van der Waals surface area contributed by atoms with Gasteiger partial charge in [-0.3, -0.25) is 0 Å². The topological polar surface area (TPSA) is 96.2 Å². The molecule has 0 atom stereocenters. The van der Waals surface area contributed by atoms with Gasteiger partial charge in [0.25, 0.3) is 0 Å². The molecule has 0 aliphatic rings. The molecule has 10 heteroatoms. The van der Waals surface area contributed by atoms with E-state index < -0.39 is 5.97 Å². The van der Waals surface area contributed by atoms with E-state index in [1.807, 2.05) is 0 Å². The summed E-state index contributed by atoms with van der Waals surface area (Å²) in [6.07, 6.45) is 0. The first-order valence-electron chi connectivity index (χ1n) is 7.37. The standard InChI is InChI=1S/C16H14Cl2N4O3S/c1-8-11(15(23)24-2)6-10(25-8)7-26-16-21-20-14(22(16)19)12-5-9(17)3-4-13(12)18/h3-6H,7,19H2,1-2H3. The highest BCUT2D eigenvalue weighted by molar-refractivity contribution is 7.98. The lowest BCUT2D eigenvalue weighted by Gasteiger charge is -2.05. The number of nitrogens with zero attached hydrogens (tertiary/aromatic N) is 3. The Kier molecular flexibility index (Phi) is 5.45. The van der Waals surface area contributed by atoms with Crippen molar-refractivity contribution >= 4 is 40.9 Å². The first kappa shape index (κ1) is 18.6. The van der Waals surface area contributed by atoms with Crippen molar-refractivity contribution in [2.75, 3.05) is 13.0 Å². The minimum atomic E-state index is -0.442. The fourth-order valence-electron chi connectivity index (χ4n) is 2.29. The quantitative estimate of drug-likeness (QED) is 0.384. The number of halogens is 2. The number of hydrogen-bond acceptors (Lipinski definition) is 7. The Morgan fingerprint density at radius 1 is 1.35 bits per heavy atom. The van der Waals surface area contributed by atoms with Crippen LogP contribution in [0.4, 0.5) is 0 Å². The summed E-state index contributed by atoms with van der Waals surface area (Å²) in [5, 5.41) is 9.60. The molecule has 136 valence electrons. The number of carbonyl (C=O) groups is 1. The van der Waals surface area contributed by atoms with Crippen molar-refractivity contribution < 1.29 is 13.9 Å². The van der Waals surface area contributed by atoms with E-state index in [1.54, 1.807) is 31.2 Å². The smallest absolute Gasteiger partial charge is 0.341 e. The molecule has 0 bridgehead atoms. The molecule has 0 aliphatic carbocycles. The first-order valence-corrected chi connectivity index (χ1v) is 9.11. The Labute approximate surface area is 163 Å². The minimum Gasteiger partial charge on any atom is -0.465 e. The normalized spacial score (nSPS) is 10.9.